The predicted molar refractivity (Wildman–Crippen MR) is 76.5 cm³/mol. The van der Waals surface area contributed by atoms with Crippen molar-refractivity contribution in [3.05, 3.63) is 11.8 Å². The van der Waals surface area contributed by atoms with Crippen LogP contribution in [0.15, 0.2) is 6.07 Å². The maximum Gasteiger partial charge on any atom is 0.226 e. The van der Waals surface area contributed by atoms with Crippen LogP contribution in [0.25, 0.3) is 0 Å². The number of rotatable bonds is 7. The summed E-state index contributed by atoms with van der Waals surface area (Å²) in [6.45, 7) is 10.9. The molecule has 108 valence electrons. The second-order valence-electron chi connectivity index (χ2n) is 5.83. The van der Waals surface area contributed by atoms with Gasteiger partial charge in [-0.2, -0.15) is 4.98 Å². The number of aliphatic hydroxyl groups excluding tert-OH is 1. The van der Waals surface area contributed by atoms with Crippen molar-refractivity contribution in [2.45, 2.75) is 47.1 Å². The maximum atomic E-state index is 9.01. The average molecular weight is 267 g/mol. The van der Waals surface area contributed by atoms with Crippen molar-refractivity contribution < 1.29 is 9.84 Å². The molecule has 5 nitrogen and oxygen atoms in total. The molecule has 0 bridgehead atoms. The van der Waals surface area contributed by atoms with Gasteiger partial charge in [-0.1, -0.05) is 13.8 Å². The number of hydrogen-bond donors (Lipinski definition) is 2. The molecule has 5 heteroatoms. The number of ether oxygens (including phenoxy) is 1. The lowest BCUT2D eigenvalue weighted by molar-refractivity contribution is 0.219. The van der Waals surface area contributed by atoms with Gasteiger partial charge in [-0.15, -0.1) is 0 Å². The summed E-state index contributed by atoms with van der Waals surface area (Å²) in [7, 11) is 0. The van der Waals surface area contributed by atoms with Crippen molar-refractivity contribution in [1.82, 2.24) is 9.97 Å². The first kappa shape index (κ1) is 15.7. The lowest BCUT2D eigenvalue weighted by Gasteiger charge is -2.24. The second-order valence-corrected chi connectivity index (χ2v) is 5.83. The number of aliphatic hydroxyl groups is 1. The van der Waals surface area contributed by atoms with Gasteiger partial charge in [-0.3, -0.25) is 0 Å². The first-order valence-corrected chi connectivity index (χ1v) is 6.69. The van der Waals surface area contributed by atoms with E-state index in [9.17, 15) is 0 Å². The van der Waals surface area contributed by atoms with Crippen LogP contribution in [-0.4, -0.2) is 34.3 Å². The Morgan fingerprint density at radius 3 is 2.63 bits per heavy atom. The molecule has 1 rings (SSSR count). The van der Waals surface area contributed by atoms with Gasteiger partial charge in [-0.25, -0.2) is 4.98 Å². The van der Waals surface area contributed by atoms with Crippen LogP contribution in [0.1, 0.15) is 39.8 Å². The van der Waals surface area contributed by atoms with Gasteiger partial charge in [0.05, 0.1) is 6.10 Å². The molecule has 0 atom stereocenters. The second kappa shape index (κ2) is 6.70. The minimum atomic E-state index is 0.000917. The van der Waals surface area contributed by atoms with Crippen LogP contribution in [0.5, 0.6) is 5.88 Å². The summed E-state index contributed by atoms with van der Waals surface area (Å²) in [5.74, 6) is 1.16. The number of hydrogen-bond acceptors (Lipinski definition) is 5. The largest absolute Gasteiger partial charge is 0.475 e. The number of aromatic nitrogens is 2. The predicted octanol–water partition coefficient (Wildman–Crippen LogP) is 2.39. The summed E-state index contributed by atoms with van der Waals surface area (Å²) in [6.07, 6.45) is 0.828. The normalized spacial score (nSPS) is 11.7. The summed E-state index contributed by atoms with van der Waals surface area (Å²) in [4.78, 5) is 8.67. The zero-order chi connectivity index (χ0) is 14.5. The lowest BCUT2D eigenvalue weighted by atomic mass is 9.90. The third kappa shape index (κ3) is 5.87. The highest BCUT2D eigenvalue weighted by Gasteiger charge is 2.17. The van der Waals surface area contributed by atoms with Gasteiger partial charge < -0.3 is 15.2 Å². The Kier molecular flexibility index (Phi) is 5.54. The molecule has 0 saturated carbocycles. The first-order chi connectivity index (χ1) is 8.82. The van der Waals surface area contributed by atoms with E-state index >= 15 is 0 Å². The zero-order valence-corrected chi connectivity index (χ0v) is 12.5. The van der Waals surface area contributed by atoms with Crippen LogP contribution in [0, 0.1) is 12.3 Å². The summed E-state index contributed by atoms with van der Waals surface area (Å²) in [5.41, 5.74) is 0.870. The highest BCUT2D eigenvalue weighted by atomic mass is 16.5. The Balaban J connectivity index is 2.70. The number of nitrogens with zero attached hydrogens (tertiary/aromatic N) is 2. The number of anilines is 1. The van der Waals surface area contributed by atoms with Gasteiger partial charge in [0.1, 0.15) is 0 Å². The van der Waals surface area contributed by atoms with E-state index in [2.05, 4.69) is 29.1 Å². The van der Waals surface area contributed by atoms with Crippen molar-refractivity contribution in [1.29, 1.82) is 0 Å². The van der Waals surface area contributed by atoms with Crippen molar-refractivity contribution >= 4 is 5.95 Å². The summed E-state index contributed by atoms with van der Waals surface area (Å²) in [6, 6.07) is 1.82. The van der Waals surface area contributed by atoms with Crippen LogP contribution in [0.2, 0.25) is 0 Å². The molecule has 0 amide bonds. The van der Waals surface area contributed by atoms with Gasteiger partial charge in [0.15, 0.2) is 0 Å². The van der Waals surface area contributed by atoms with Gasteiger partial charge in [-0.05, 0) is 32.6 Å². The fourth-order valence-corrected chi connectivity index (χ4v) is 1.63. The fourth-order valence-electron chi connectivity index (χ4n) is 1.63. The first-order valence-electron chi connectivity index (χ1n) is 6.69. The minimum absolute atomic E-state index is 0.000917. The molecular formula is C14H25N3O2. The Bertz CT molecular complexity index is 406. The SMILES string of the molecule is Cc1cc(OC(C)C)nc(NCC(C)(C)CCO)n1. The van der Waals surface area contributed by atoms with Gasteiger partial charge in [0.25, 0.3) is 0 Å². The van der Waals surface area contributed by atoms with Crippen molar-refractivity contribution in [3.8, 4) is 5.88 Å². The number of aryl methyl sites for hydroxylation is 1. The number of nitrogens with one attached hydrogen (secondary N) is 1. The Labute approximate surface area is 115 Å². The molecule has 0 fully saturated rings. The van der Waals surface area contributed by atoms with E-state index in [4.69, 9.17) is 9.84 Å². The van der Waals surface area contributed by atoms with E-state index in [1.807, 2.05) is 26.8 Å². The molecule has 0 aliphatic heterocycles. The van der Waals surface area contributed by atoms with Crippen LogP contribution in [-0.2, 0) is 0 Å². The van der Waals surface area contributed by atoms with E-state index < -0.39 is 0 Å². The third-order valence-electron chi connectivity index (χ3n) is 2.70. The fraction of sp³-hybridized carbons (Fsp3) is 0.714. The van der Waals surface area contributed by atoms with Crippen LogP contribution >= 0.6 is 0 Å². The maximum absolute atomic E-state index is 9.01. The van der Waals surface area contributed by atoms with E-state index in [0.29, 0.717) is 18.4 Å². The van der Waals surface area contributed by atoms with E-state index in [1.165, 1.54) is 0 Å². The monoisotopic (exact) mass is 267 g/mol. The van der Waals surface area contributed by atoms with E-state index in [1.54, 1.807) is 0 Å². The highest BCUT2D eigenvalue weighted by Crippen LogP contribution is 2.20. The summed E-state index contributed by atoms with van der Waals surface area (Å²) < 4.78 is 5.58. The molecule has 1 aromatic rings. The van der Waals surface area contributed by atoms with Crippen molar-refractivity contribution in [2.75, 3.05) is 18.5 Å². The van der Waals surface area contributed by atoms with Crippen LogP contribution < -0.4 is 10.1 Å². The minimum Gasteiger partial charge on any atom is -0.475 e. The third-order valence-corrected chi connectivity index (χ3v) is 2.70. The highest BCUT2D eigenvalue weighted by molar-refractivity contribution is 5.30. The van der Waals surface area contributed by atoms with Crippen molar-refractivity contribution in [3.63, 3.8) is 0 Å². The topological polar surface area (TPSA) is 67.3 Å². The van der Waals surface area contributed by atoms with Crippen LogP contribution in [0.4, 0.5) is 5.95 Å². The lowest BCUT2D eigenvalue weighted by Crippen LogP contribution is -2.25. The molecule has 0 unspecified atom stereocenters. The molecule has 1 heterocycles. The molecule has 0 aliphatic carbocycles. The molecule has 2 N–H and O–H groups in total. The molecule has 0 aromatic carbocycles. The molecule has 0 radical (unpaired) electrons. The molecule has 0 saturated heterocycles. The standard InChI is InChI=1S/C14H25N3O2/c1-10(2)19-12-8-11(3)16-13(17-12)15-9-14(4,5)6-7-18/h8,10,18H,6-7,9H2,1-5H3,(H,15,16,17). The Morgan fingerprint density at radius 2 is 2.05 bits per heavy atom. The summed E-state index contributed by atoms with van der Waals surface area (Å²) >= 11 is 0. The molecular weight excluding hydrogens is 242 g/mol. The Morgan fingerprint density at radius 1 is 1.37 bits per heavy atom. The molecule has 19 heavy (non-hydrogen) atoms. The average Bonchev–Trinajstić information content (AvgIpc) is 2.24. The van der Waals surface area contributed by atoms with Crippen LogP contribution in [0.3, 0.4) is 0 Å². The molecule has 0 spiro atoms. The zero-order valence-electron chi connectivity index (χ0n) is 12.5. The molecule has 0 aliphatic rings. The van der Waals surface area contributed by atoms with Gasteiger partial charge in [0, 0.05) is 24.9 Å². The van der Waals surface area contributed by atoms with E-state index in [0.717, 1.165) is 12.1 Å². The van der Waals surface area contributed by atoms with Crippen molar-refractivity contribution in [2.24, 2.45) is 5.41 Å². The van der Waals surface area contributed by atoms with Gasteiger partial charge in [0.2, 0.25) is 11.8 Å². The summed E-state index contributed by atoms with van der Waals surface area (Å²) in [5, 5.41) is 12.2. The smallest absolute Gasteiger partial charge is 0.226 e. The van der Waals surface area contributed by atoms with E-state index in [-0.39, 0.29) is 18.1 Å². The van der Waals surface area contributed by atoms with Gasteiger partial charge >= 0.3 is 0 Å². The quantitative estimate of drug-likeness (QED) is 0.794. The molecule has 1 aromatic heterocycles. The Hall–Kier alpha value is -1.36.